The molecule has 1 aliphatic rings. The minimum atomic E-state index is -0.805. The SMILES string of the molecule is CCCNC(=O)NC1CCCCC1C(=O)O. The molecule has 1 saturated carbocycles. The quantitative estimate of drug-likeness (QED) is 0.679. The van der Waals surface area contributed by atoms with E-state index in [9.17, 15) is 9.59 Å². The zero-order valence-electron chi connectivity index (χ0n) is 9.66. The van der Waals surface area contributed by atoms with E-state index in [-0.39, 0.29) is 12.1 Å². The summed E-state index contributed by atoms with van der Waals surface area (Å²) in [6.07, 6.45) is 4.22. The van der Waals surface area contributed by atoms with Crippen molar-refractivity contribution in [2.24, 2.45) is 5.92 Å². The Morgan fingerprint density at radius 1 is 1.31 bits per heavy atom. The molecule has 0 radical (unpaired) electrons. The van der Waals surface area contributed by atoms with Gasteiger partial charge in [0.1, 0.15) is 0 Å². The van der Waals surface area contributed by atoms with Gasteiger partial charge in [-0.25, -0.2) is 4.79 Å². The van der Waals surface area contributed by atoms with Gasteiger partial charge >= 0.3 is 12.0 Å². The maximum Gasteiger partial charge on any atom is 0.315 e. The fraction of sp³-hybridized carbons (Fsp3) is 0.818. The normalized spacial score (nSPS) is 24.8. The van der Waals surface area contributed by atoms with Gasteiger partial charge in [-0.1, -0.05) is 19.8 Å². The number of carbonyl (C=O) groups excluding carboxylic acids is 1. The Bertz CT molecular complexity index is 256. The van der Waals surface area contributed by atoms with E-state index in [4.69, 9.17) is 5.11 Å². The van der Waals surface area contributed by atoms with Crippen molar-refractivity contribution < 1.29 is 14.7 Å². The summed E-state index contributed by atoms with van der Waals surface area (Å²) in [4.78, 5) is 22.4. The van der Waals surface area contributed by atoms with Gasteiger partial charge in [0.15, 0.2) is 0 Å². The molecule has 1 aliphatic carbocycles. The predicted molar refractivity (Wildman–Crippen MR) is 60.2 cm³/mol. The van der Waals surface area contributed by atoms with E-state index < -0.39 is 11.9 Å². The first-order valence-corrected chi connectivity index (χ1v) is 5.92. The molecule has 0 aromatic rings. The lowest BCUT2D eigenvalue weighted by molar-refractivity contribution is -0.143. The van der Waals surface area contributed by atoms with Crippen LogP contribution in [-0.4, -0.2) is 29.7 Å². The highest BCUT2D eigenvalue weighted by molar-refractivity contribution is 5.76. The zero-order chi connectivity index (χ0) is 12.0. The van der Waals surface area contributed by atoms with E-state index >= 15 is 0 Å². The summed E-state index contributed by atoms with van der Waals surface area (Å²) in [5.74, 6) is -1.23. The van der Waals surface area contributed by atoms with Gasteiger partial charge in [-0.3, -0.25) is 4.79 Å². The molecule has 2 atom stereocenters. The van der Waals surface area contributed by atoms with E-state index in [1.54, 1.807) is 0 Å². The summed E-state index contributed by atoms with van der Waals surface area (Å²) in [5.41, 5.74) is 0. The number of nitrogens with one attached hydrogen (secondary N) is 2. The molecule has 3 N–H and O–H groups in total. The second-order valence-corrected chi connectivity index (χ2v) is 4.24. The topological polar surface area (TPSA) is 78.4 Å². The molecule has 0 heterocycles. The molecule has 1 fully saturated rings. The third kappa shape index (κ3) is 3.72. The molecule has 16 heavy (non-hydrogen) atoms. The van der Waals surface area contributed by atoms with Crippen molar-refractivity contribution in [1.82, 2.24) is 10.6 Å². The van der Waals surface area contributed by atoms with Crippen LogP contribution in [0, 0.1) is 5.92 Å². The van der Waals surface area contributed by atoms with Crippen LogP contribution < -0.4 is 10.6 Å². The standard InChI is InChI=1S/C11H20N2O3/c1-2-7-12-11(16)13-9-6-4-3-5-8(9)10(14)15/h8-9H,2-7H2,1H3,(H,14,15)(H2,12,13,16). The van der Waals surface area contributed by atoms with E-state index in [2.05, 4.69) is 10.6 Å². The first-order valence-electron chi connectivity index (χ1n) is 5.92. The number of carbonyl (C=O) groups is 2. The van der Waals surface area contributed by atoms with Crippen LogP contribution in [0.2, 0.25) is 0 Å². The Hall–Kier alpha value is -1.26. The molecule has 2 unspecified atom stereocenters. The van der Waals surface area contributed by atoms with Crippen LogP contribution in [-0.2, 0) is 4.79 Å². The molecular weight excluding hydrogens is 208 g/mol. The maximum atomic E-state index is 11.4. The molecule has 0 aromatic heterocycles. The van der Waals surface area contributed by atoms with Gasteiger partial charge in [0.25, 0.3) is 0 Å². The molecule has 5 nitrogen and oxygen atoms in total. The lowest BCUT2D eigenvalue weighted by atomic mass is 9.84. The highest BCUT2D eigenvalue weighted by Crippen LogP contribution is 2.24. The van der Waals surface area contributed by atoms with Gasteiger partial charge in [0.2, 0.25) is 0 Å². The monoisotopic (exact) mass is 228 g/mol. The third-order valence-corrected chi connectivity index (χ3v) is 2.94. The first kappa shape index (κ1) is 12.8. The van der Waals surface area contributed by atoms with Gasteiger partial charge in [-0.2, -0.15) is 0 Å². The summed E-state index contributed by atoms with van der Waals surface area (Å²) < 4.78 is 0. The number of rotatable bonds is 4. The van der Waals surface area contributed by atoms with Crippen LogP contribution >= 0.6 is 0 Å². The van der Waals surface area contributed by atoms with Crippen LogP contribution in [0.15, 0.2) is 0 Å². The van der Waals surface area contributed by atoms with Crippen molar-refractivity contribution in [3.63, 3.8) is 0 Å². The smallest absolute Gasteiger partial charge is 0.315 e. The van der Waals surface area contributed by atoms with E-state index in [1.165, 1.54) is 0 Å². The summed E-state index contributed by atoms with van der Waals surface area (Å²) in [6.45, 7) is 2.59. The number of hydrogen-bond acceptors (Lipinski definition) is 2. The molecule has 5 heteroatoms. The van der Waals surface area contributed by atoms with Gasteiger partial charge < -0.3 is 15.7 Å². The number of aliphatic carboxylic acids is 1. The highest BCUT2D eigenvalue weighted by Gasteiger charge is 2.31. The predicted octanol–water partition coefficient (Wildman–Crippen LogP) is 1.34. The molecule has 92 valence electrons. The Morgan fingerprint density at radius 2 is 2.00 bits per heavy atom. The Kier molecular flexibility index (Phi) is 5.08. The number of hydrogen-bond donors (Lipinski definition) is 3. The van der Waals surface area contributed by atoms with Gasteiger partial charge in [0.05, 0.1) is 5.92 Å². The molecule has 0 bridgehead atoms. The fourth-order valence-electron chi connectivity index (χ4n) is 2.06. The van der Waals surface area contributed by atoms with Crippen molar-refractivity contribution in [2.75, 3.05) is 6.54 Å². The van der Waals surface area contributed by atoms with Crippen molar-refractivity contribution >= 4 is 12.0 Å². The number of carboxylic acids is 1. The van der Waals surface area contributed by atoms with Crippen molar-refractivity contribution in [3.8, 4) is 0 Å². The Balaban J connectivity index is 2.43. The van der Waals surface area contributed by atoms with E-state index in [0.29, 0.717) is 13.0 Å². The van der Waals surface area contributed by atoms with Crippen molar-refractivity contribution in [2.45, 2.75) is 45.1 Å². The second-order valence-electron chi connectivity index (χ2n) is 4.24. The highest BCUT2D eigenvalue weighted by atomic mass is 16.4. The third-order valence-electron chi connectivity index (χ3n) is 2.94. The van der Waals surface area contributed by atoms with Gasteiger partial charge in [-0.15, -0.1) is 0 Å². The van der Waals surface area contributed by atoms with Crippen LogP contribution in [0.4, 0.5) is 4.79 Å². The summed E-state index contributed by atoms with van der Waals surface area (Å²) in [7, 11) is 0. The summed E-state index contributed by atoms with van der Waals surface area (Å²) in [5, 5.41) is 14.5. The Labute approximate surface area is 95.6 Å². The van der Waals surface area contributed by atoms with E-state index in [1.807, 2.05) is 6.92 Å². The van der Waals surface area contributed by atoms with Crippen LogP contribution in [0.1, 0.15) is 39.0 Å². The van der Waals surface area contributed by atoms with Crippen LogP contribution in [0.25, 0.3) is 0 Å². The zero-order valence-corrected chi connectivity index (χ0v) is 9.66. The molecule has 1 rings (SSSR count). The van der Waals surface area contributed by atoms with Crippen LogP contribution in [0.3, 0.4) is 0 Å². The average Bonchev–Trinajstić information content (AvgIpc) is 2.27. The molecule has 2 amide bonds. The molecule has 0 aromatic carbocycles. The fourth-order valence-corrected chi connectivity index (χ4v) is 2.06. The van der Waals surface area contributed by atoms with Crippen molar-refractivity contribution in [1.29, 1.82) is 0 Å². The molecular formula is C11H20N2O3. The lowest BCUT2D eigenvalue weighted by Gasteiger charge is -2.29. The minimum absolute atomic E-state index is 0.219. The molecule has 0 aliphatic heterocycles. The average molecular weight is 228 g/mol. The molecule has 0 saturated heterocycles. The Morgan fingerprint density at radius 3 is 2.62 bits per heavy atom. The number of urea groups is 1. The number of carboxylic acid groups (broad SMARTS) is 1. The first-order chi connectivity index (χ1) is 7.65. The maximum absolute atomic E-state index is 11.4. The van der Waals surface area contributed by atoms with Crippen LogP contribution in [0.5, 0.6) is 0 Å². The van der Waals surface area contributed by atoms with Gasteiger partial charge in [0, 0.05) is 12.6 Å². The summed E-state index contributed by atoms with van der Waals surface area (Å²) in [6, 6.07) is -0.469. The lowest BCUT2D eigenvalue weighted by Crippen LogP contribution is -2.48. The van der Waals surface area contributed by atoms with E-state index in [0.717, 1.165) is 25.7 Å². The number of amides is 2. The largest absolute Gasteiger partial charge is 0.481 e. The van der Waals surface area contributed by atoms with Gasteiger partial charge in [-0.05, 0) is 19.3 Å². The molecule has 0 spiro atoms. The minimum Gasteiger partial charge on any atom is -0.481 e. The summed E-state index contributed by atoms with van der Waals surface area (Å²) >= 11 is 0. The van der Waals surface area contributed by atoms with Crippen molar-refractivity contribution in [3.05, 3.63) is 0 Å². The second kappa shape index (κ2) is 6.35.